The number of likely N-dealkylation sites (tertiary alicyclic amines) is 1. The molecule has 2 unspecified atom stereocenters. The van der Waals surface area contributed by atoms with Crippen molar-refractivity contribution >= 4 is 18.0 Å². The normalized spacial score (nSPS) is 19.1. The van der Waals surface area contributed by atoms with Gasteiger partial charge >= 0.3 is 12.1 Å². The number of fused-ring (bicyclic) bond motifs is 3. The first kappa shape index (κ1) is 24.7. The third-order valence-corrected chi connectivity index (χ3v) is 7.15. The highest BCUT2D eigenvalue weighted by atomic mass is 16.5. The van der Waals surface area contributed by atoms with Crippen molar-refractivity contribution in [2.24, 2.45) is 11.3 Å². The lowest BCUT2D eigenvalue weighted by atomic mass is 9.82. The summed E-state index contributed by atoms with van der Waals surface area (Å²) >= 11 is 0. The number of carboxylic acids is 1. The lowest BCUT2D eigenvalue weighted by Gasteiger charge is -2.23. The van der Waals surface area contributed by atoms with Crippen molar-refractivity contribution in [3.8, 4) is 11.1 Å². The predicted molar refractivity (Wildman–Crippen MR) is 130 cm³/mol. The summed E-state index contributed by atoms with van der Waals surface area (Å²) in [6, 6.07) is 16.2. The highest BCUT2D eigenvalue weighted by Gasteiger charge is 2.45. The van der Waals surface area contributed by atoms with E-state index in [0.717, 1.165) is 22.3 Å². The van der Waals surface area contributed by atoms with Crippen LogP contribution in [0.5, 0.6) is 0 Å². The molecule has 8 heteroatoms. The first-order chi connectivity index (χ1) is 16.7. The Morgan fingerprint density at radius 2 is 1.69 bits per heavy atom. The number of benzene rings is 2. The summed E-state index contributed by atoms with van der Waals surface area (Å²) in [4.78, 5) is 38.3. The molecular weight excluding hydrogens is 448 g/mol. The van der Waals surface area contributed by atoms with E-state index in [-0.39, 0.29) is 37.9 Å². The number of carbonyl (C=O) groups is 3. The number of amides is 2. The zero-order valence-electron chi connectivity index (χ0n) is 20.3. The summed E-state index contributed by atoms with van der Waals surface area (Å²) in [5.41, 5.74) is 4.09. The number of nitrogens with zero attached hydrogens (tertiary/aromatic N) is 1. The van der Waals surface area contributed by atoms with Crippen molar-refractivity contribution in [3.63, 3.8) is 0 Å². The van der Waals surface area contributed by atoms with Gasteiger partial charge in [0.25, 0.3) is 0 Å². The monoisotopic (exact) mass is 480 g/mol. The maximum atomic E-state index is 12.8. The third-order valence-electron chi connectivity index (χ3n) is 7.15. The number of hydrogen-bond donors (Lipinski definition) is 2. The number of ether oxygens (including phenoxy) is 2. The van der Waals surface area contributed by atoms with Gasteiger partial charge in [0, 0.05) is 32.7 Å². The van der Waals surface area contributed by atoms with Gasteiger partial charge in [-0.25, -0.2) is 4.79 Å². The lowest BCUT2D eigenvalue weighted by Crippen LogP contribution is -2.39. The van der Waals surface area contributed by atoms with Crippen LogP contribution < -0.4 is 5.32 Å². The second kappa shape index (κ2) is 10.1. The molecule has 2 aromatic carbocycles. The highest BCUT2D eigenvalue weighted by Crippen LogP contribution is 2.44. The molecule has 186 valence electrons. The van der Waals surface area contributed by atoms with Gasteiger partial charge in [0.15, 0.2) is 0 Å². The first-order valence-electron chi connectivity index (χ1n) is 11.8. The zero-order valence-corrected chi connectivity index (χ0v) is 20.3. The number of nitrogens with one attached hydrogen (secondary N) is 1. The molecule has 1 fully saturated rings. The number of hydrogen-bond acceptors (Lipinski definition) is 5. The Hall–Kier alpha value is -3.39. The van der Waals surface area contributed by atoms with Gasteiger partial charge in [-0.15, -0.1) is 0 Å². The summed E-state index contributed by atoms with van der Waals surface area (Å²) in [6.45, 7) is 4.57. The first-order valence-corrected chi connectivity index (χ1v) is 11.8. The van der Waals surface area contributed by atoms with E-state index in [1.54, 1.807) is 4.90 Å². The molecule has 0 saturated carbocycles. The Balaban J connectivity index is 1.28. The molecule has 2 N–H and O–H groups in total. The summed E-state index contributed by atoms with van der Waals surface area (Å²) < 4.78 is 10.9. The number of methoxy groups -OCH3 is 1. The fourth-order valence-corrected chi connectivity index (χ4v) is 5.15. The van der Waals surface area contributed by atoms with Crippen LogP contribution in [0.1, 0.15) is 37.3 Å². The van der Waals surface area contributed by atoms with Crippen LogP contribution in [0.4, 0.5) is 4.79 Å². The van der Waals surface area contributed by atoms with Crippen LogP contribution in [0.15, 0.2) is 48.5 Å². The molecule has 1 aliphatic carbocycles. The van der Waals surface area contributed by atoms with Gasteiger partial charge in [-0.1, -0.05) is 62.4 Å². The Labute approximate surface area is 205 Å². The Morgan fingerprint density at radius 3 is 2.23 bits per heavy atom. The fraction of sp³-hybridized carbons (Fsp3) is 0.444. The van der Waals surface area contributed by atoms with Crippen molar-refractivity contribution in [2.45, 2.75) is 32.3 Å². The molecule has 2 amide bonds. The minimum absolute atomic E-state index is 0.0337. The molecule has 0 spiro atoms. The van der Waals surface area contributed by atoms with Crippen LogP contribution in [0.3, 0.4) is 0 Å². The molecule has 0 bridgehead atoms. The molecule has 4 rings (SSSR count). The molecular formula is C27H32N2O6. The van der Waals surface area contributed by atoms with Crippen LogP contribution in [0.2, 0.25) is 0 Å². The second-order valence-corrected chi connectivity index (χ2v) is 9.92. The fourth-order valence-electron chi connectivity index (χ4n) is 5.15. The Bertz CT molecular complexity index is 1070. The minimum Gasteiger partial charge on any atom is -0.481 e. The van der Waals surface area contributed by atoms with E-state index in [2.05, 4.69) is 29.6 Å². The lowest BCUT2D eigenvalue weighted by molar-refractivity contribution is -0.144. The van der Waals surface area contributed by atoms with E-state index >= 15 is 0 Å². The highest BCUT2D eigenvalue weighted by molar-refractivity contribution is 5.80. The summed E-state index contributed by atoms with van der Waals surface area (Å²) in [5.74, 6) is -1.73. The van der Waals surface area contributed by atoms with Crippen LogP contribution in [-0.2, 0) is 19.1 Å². The van der Waals surface area contributed by atoms with Crippen molar-refractivity contribution in [2.75, 3.05) is 33.4 Å². The molecule has 2 atom stereocenters. The van der Waals surface area contributed by atoms with E-state index in [0.29, 0.717) is 6.54 Å². The van der Waals surface area contributed by atoms with Gasteiger partial charge in [-0.2, -0.15) is 0 Å². The van der Waals surface area contributed by atoms with Gasteiger partial charge in [0.1, 0.15) is 6.61 Å². The standard InChI is InChI=1S/C27H32N2O6/c1-27(2)16-29(14-23(27)25(31)32)24(30)12-17(34-3)13-28-26(33)35-15-22-20-10-6-4-8-18(20)19-9-5-7-11-21(19)22/h4-11,17,22-23H,12-16H2,1-3H3,(H,28,33)(H,31,32). The van der Waals surface area contributed by atoms with Gasteiger partial charge in [0.2, 0.25) is 5.91 Å². The van der Waals surface area contributed by atoms with E-state index in [1.807, 2.05) is 38.1 Å². The third kappa shape index (κ3) is 5.17. The molecule has 1 saturated heterocycles. The van der Waals surface area contributed by atoms with Gasteiger partial charge in [0.05, 0.1) is 18.4 Å². The Kier molecular flexibility index (Phi) is 7.12. The minimum atomic E-state index is -0.898. The number of carbonyl (C=O) groups excluding carboxylic acids is 2. The molecule has 8 nitrogen and oxygen atoms in total. The van der Waals surface area contributed by atoms with E-state index < -0.39 is 29.5 Å². The maximum Gasteiger partial charge on any atom is 0.407 e. The number of rotatable bonds is 8. The van der Waals surface area contributed by atoms with Crippen molar-refractivity contribution < 1.29 is 29.0 Å². The molecule has 0 aromatic heterocycles. The summed E-state index contributed by atoms with van der Waals surface area (Å²) in [5, 5.41) is 12.1. The number of carboxylic acid groups (broad SMARTS) is 1. The van der Waals surface area contributed by atoms with Crippen molar-refractivity contribution in [1.29, 1.82) is 0 Å². The molecule has 35 heavy (non-hydrogen) atoms. The van der Waals surface area contributed by atoms with Crippen LogP contribution in [-0.4, -0.2) is 67.4 Å². The van der Waals surface area contributed by atoms with E-state index in [4.69, 9.17) is 9.47 Å². The van der Waals surface area contributed by atoms with E-state index in [1.165, 1.54) is 7.11 Å². The topological polar surface area (TPSA) is 105 Å². The van der Waals surface area contributed by atoms with Gasteiger partial charge < -0.3 is 24.8 Å². The Morgan fingerprint density at radius 1 is 1.09 bits per heavy atom. The van der Waals surface area contributed by atoms with Gasteiger partial charge in [-0.05, 0) is 27.7 Å². The predicted octanol–water partition coefficient (Wildman–Crippen LogP) is 3.50. The molecule has 0 radical (unpaired) electrons. The molecule has 2 aliphatic rings. The average Bonchev–Trinajstić information content (AvgIpc) is 3.34. The van der Waals surface area contributed by atoms with Crippen molar-refractivity contribution in [3.05, 3.63) is 59.7 Å². The zero-order chi connectivity index (χ0) is 25.2. The number of aliphatic carboxylic acids is 1. The van der Waals surface area contributed by atoms with E-state index in [9.17, 15) is 19.5 Å². The largest absolute Gasteiger partial charge is 0.481 e. The van der Waals surface area contributed by atoms with Crippen LogP contribution in [0.25, 0.3) is 11.1 Å². The molecule has 1 heterocycles. The summed E-state index contributed by atoms with van der Waals surface area (Å²) in [6.07, 6.45) is -1.08. The smallest absolute Gasteiger partial charge is 0.407 e. The van der Waals surface area contributed by atoms with Crippen LogP contribution in [0, 0.1) is 11.3 Å². The SMILES string of the molecule is COC(CNC(=O)OCC1c2ccccc2-c2ccccc21)CC(=O)N1CC(C(=O)O)C(C)(C)C1. The second-order valence-electron chi connectivity index (χ2n) is 9.92. The van der Waals surface area contributed by atoms with Crippen LogP contribution >= 0.6 is 0 Å². The maximum absolute atomic E-state index is 12.8. The number of alkyl carbamates (subject to hydrolysis) is 1. The molecule has 2 aromatic rings. The summed E-state index contributed by atoms with van der Waals surface area (Å²) in [7, 11) is 1.48. The average molecular weight is 481 g/mol. The quantitative estimate of drug-likeness (QED) is 0.599. The van der Waals surface area contributed by atoms with Crippen molar-refractivity contribution in [1.82, 2.24) is 10.2 Å². The molecule has 1 aliphatic heterocycles. The van der Waals surface area contributed by atoms with Gasteiger partial charge in [-0.3, -0.25) is 9.59 Å².